The number of anilines is 2. The molecule has 1 aromatic carbocycles. The summed E-state index contributed by atoms with van der Waals surface area (Å²) in [4.78, 5) is 14.7. The highest BCUT2D eigenvalue weighted by atomic mass is 79.9. The molecule has 0 aliphatic carbocycles. The van der Waals surface area contributed by atoms with Crippen LogP contribution in [0.15, 0.2) is 28.1 Å². The number of nitrogens with two attached hydrogens (primary N) is 1. The van der Waals surface area contributed by atoms with E-state index in [1.165, 1.54) is 11.4 Å². The predicted molar refractivity (Wildman–Crippen MR) is 74.1 cm³/mol. The van der Waals surface area contributed by atoms with Crippen molar-refractivity contribution in [2.75, 3.05) is 5.32 Å². The van der Waals surface area contributed by atoms with Crippen LogP contribution in [0.25, 0.3) is 0 Å². The van der Waals surface area contributed by atoms with Gasteiger partial charge in [-0.3, -0.25) is 4.79 Å². The van der Waals surface area contributed by atoms with E-state index in [0.29, 0.717) is 5.13 Å². The van der Waals surface area contributed by atoms with Gasteiger partial charge in [-0.2, -0.15) is 0 Å². The summed E-state index contributed by atoms with van der Waals surface area (Å²) >= 11 is 4.39. The number of aliphatic carboxylic acids is 1. The quantitative estimate of drug-likeness (QED) is 0.792. The molecule has 0 spiro atoms. The largest absolute Gasteiger partial charge is 0.480 e. The number of nitrogens with one attached hydrogen (secondary N) is 1. The Labute approximate surface area is 120 Å². The molecule has 100 valence electrons. The highest BCUT2D eigenvalue weighted by Crippen LogP contribution is 2.27. The van der Waals surface area contributed by atoms with Gasteiger partial charge >= 0.3 is 5.97 Å². The monoisotopic (exact) mass is 345 g/mol. The Bertz CT molecular complexity index is 620. The molecule has 5 nitrogen and oxygen atoms in total. The van der Waals surface area contributed by atoms with Crippen molar-refractivity contribution in [3.8, 4) is 0 Å². The van der Waals surface area contributed by atoms with E-state index in [-0.39, 0.29) is 11.4 Å². The van der Waals surface area contributed by atoms with Crippen LogP contribution in [0, 0.1) is 5.82 Å². The van der Waals surface area contributed by atoms with Crippen molar-refractivity contribution in [2.24, 2.45) is 5.73 Å². The van der Waals surface area contributed by atoms with Gasteiger partial charge in [-0.05, 0) is 18.2 Å². The molecule has 2 rings (SSSR count). The molecule has 1 atom stereocenters. The van der Waals surface area contributed by atoms with E-state index < -0.39 is 17.8 Å². The molecule has 0 saturated heterocycles. The number of carboxylic acids is 1. The minimum atomic E-state index is -1.18. The smallest absolute Gasteiger partial charge is 0.326 e. The molecule has 1 unspecified atom stereocenters. The maximum atomic E-state index is 13.5. The fourth-order valence-corrected chi connectivity index (χ4v) is 2.44. The third kappa shape index (κ3) is 3.28. The molecule has 2 aromatic rings. The first-order valence-electron chi connectivity index (χ1n) is 5.13. The standard InChI is InChI=1S/C11H9BrFN3O2S/c12-5-1-2-6(13)7(3-5)15-11-16-8(4-19-11)9(14)10(17)18/h1-4,9H,14H2,(H,15,16)(H,17,18). The van der Waals surface area contributed by atoms with Gasteiger partial charge in [0, 0.05) is 9.85 Å². The molecule has 0 aliphatic rings. The molecule has 8 heteroatoms. The third-order valence-corrected chi connectivity index (χ3v) is 3.55. The molecular formula is C11H9BrFN3O2S. The highest BCUT2D eigenvalue weighted by molar-refractivity contribution is 9.10. The van der Waals surface area contributed by atoms with E-state index in [2.05, 4.69) is 26.2 Å². The van der Waals surface area contributed by atoms with Gasteiger partial charge in [0.2, 0.25) is 0 Å². The van der Waals surface area contributed by atoms with Gasteiger partial charge in [0.15, 0.2) is 5.13 Å². The number of nitrogens with zero attached hydrogens (tertiary/aromatic N) is 1. The van der Waals surface area contributed by atoms with Crippen LogP contribution in [0.1, 0.15) is 11.7 Å². The van der Waals surface area contributed by atoms with Crippen LogP contribution < -0.4 is 11.1 Å². The second-order valence-corrected chi connectivity index (χ2v) is 5.42. The molecule has 0 bridgehead atoms. The second kappa shape index (κ2) is 5.64. The van der Waals surface area contributed by atoms with E-state index in [0.717, 1.165) is 15.8 Å². The van der Waals surface area contributed by atoms with Crippen LogP contribution in [0.3, 0.4) is 0 Å². The molecule has 0 amide bonds. The SMILES string of the molecule is NC(C(=O)O)c1csc(Nc2cc(Br)ccc2F)n1. The summed E-state index contributed by atoms with van der Waals surface area (Å²) in [6.45, 7) is 0. The van der Waals surface area contributed by atoms with Gasteiger partial charge in [0.05, 0.1) is 11.4 Å². The Hall–Kier alpha value is -1.51. The van der Waals surface area contributed by atoms with Gasteiger partial charge in [0.25, 0.3) is 0 Å². The third-order valence-electron chi connectivity index (χ3n) is 2.28. The minimum absolute atomic E-state index is 0.232. The topological polar surface area (TPSA) is 88.2 Å². The number of halogens is 2. The maximum absolute atomic E-state index is 13.5. The van der Waals surface area contributed by atoms with E-state index in [1.54, 1.807) is 12.1 Å². The number of thiazole rings is 1. The number of hydrogen-bond acceptors (Lipinski definition) is 5. The predicted octanol–water partition coefficient (Wildman–Crippen LogP) is 2.87. The summed E-state index contributed by atoms with van der Waals surface area (Å²) in [7, 11) is 0. The fraction of sp³-hybridized carbons (Fsp3) is 0.0909. The van der Waals surface area contributed by atoms with Crippen molar-refractivity contribution in [2.45, 2.75) is 6.04 Å². The number of carbonyl (C=O) groups is 1. The molecule has 1 aromatic heterocycles. The van der Waals surface area contributed by atoms with Gasteiger partial charge in [-0.15, -0.1) is 11.3 Å². The van der Waals surface area contributed by atoms with E-state index in [1.807, 2.05) is 0 Å². The summed E-state index contributed by atoms with van der Waals surface area (Å²) in [5.41, 5.74) is 5.91. The molecule has 0 radical (unpaired) electrons. The zero-order chi connectivity index (χ0) is 14.0. The number of benzene rings is 1. The summed E-state index contributed by atoms with van der Waals surface area (Å²) in [6, 6.07) is 3.27. The van der Waals surface area contributed by atoms with Crippen LogP contribution in [0.2, 0.25) is 0 Å². The average Bonchev–Trinajstić information content (AvgIpc) is 2.81. The summed E-state index contributed by atoms with van der Waals surface area (Å²) in [5.74, 6) is -1.59. The summed E-state index contributed by atoms with van der Waals surface area (Å²) in [6.07, 6.45) is 0. The number of carboxylic acid groups (broad SMARTS) is 1. The highest BCUT2D eigenvalue weighted by Gasteiger charge is 2.18. The molecule has 0 saturated carbocycles. The van der Waals surface area contributed by atoms with Crippen molar-refractivity contribution in [1.82, 2.24) is 4.98 Å². The van der Waals surface area contributed by atoms with Crippen LogP contribution in [0.4, 0.5) is 15.2 Å². The average molecular weight is 346 g/mol. The zero-order valence-electron chi connectivity index (χ0n) is 9.43. The first-order valence-corrected chi connectivity index (χ1v) is 6.80. The van der Waals surface area contributed by atoms with E-state index in [9.17, 15) is 9.18 Å². The summed E-state index contributed by atoms with van der Waals surface area (Å²) < 4.78 is 14.2. The van der Waals surface area contributed by atoms with Crippen LogP contribution >= 0.6 is 27.3 Å². The number of aromatic nitrogens is 1. The first-order chi connectivity index (χ1) is 8.97. The van der Waals surface area contributed by atoms with E-state index in [4.69, 9.17) is 10.8 Å². The van der Waals surface area contributed by atoms with Gasteiger partial charge in [-0.25, -0.2) is 9.37 Å². The van der Waals surface area contributed by atoms with Crippen molar-refractivity contribution in [3.63, 3.8) is 0 Å². The molecule has 4 N–H and O–H groups in total. The van der Waals surface area contributed by atoms with Crippen molar-refractivity contribution >= 4 is 44.1 Å². The van der Waals surface area contributed by atoms with Crippen molar-refractivity contribution < 1.29 is 14.3 Å². The lowest BCUT2D eigenvalue weighted by Crippen LogP contribution is -2.20. The Balaban J connectivity index is 2.20. The normalized spacial score (nSPS) is 12.2. The van der Waals surface area contributed by atoms with Crippen LogP contribution in [0.5, 0.6) is 0 Å². The van der Waals surface area contributed by atoms with Crippen molar-refractivity contribution in [1.29, 1.82) is 0 Å². The lowest BCUT2D eigenvalue weighted by molar-refractivity contribution is -0.138. The van der Waals surface area contributed by atoms with Crippen LogP contribution in [-0.2, 0) is 4.79 Å². The van der Waals surface area contributed by atoms with Gasteiger partial charge < -0.3 is 16.2 Å². The van der Waals surface area contributed by atoms with Crippen molar-refractivity contribution in [3.05, 3.63) is 39.6 Å². The Morgan fingerprint density at radius 2 is 2.32 bits per heavy atom. The zero-order valence-corrected chi connectivity index (χ0v) is 11.8. The molecule has 0 aliphatic heterocycles. The lowest BCUT2D eigenvalue weighted by atomic mass is 10.2. The lowest BCUT2D eigenvalue weighted by Gasteiger charge is -2.05. The molecule has 0 fully saturated rings. The van der Waals surface area contributed by atoms with Gasteiger partial charge in [0.1, 0.15) is 11.9 Å². The fourth-order valence-electron chi connectivity index (χ4n) is 1.32. The number of rotatable bonds is 4. The second-order valence-electron chi connectivity index (χ2n) is 3.64. The first kappa shape index (κ1) is 13.9. The number of hydrogen-bond donors (Lipinski definition) is 3. The molecule has 19 heavy (non-hydrogen) atoms. The van der Waals surface area contributed by atoms with E-state index >= 15 is 0 Å². The Morgan fingerprint density at radius 1 is 1.58 bits per heavy atom. The minimum Gasteiger partial charge on any atom is -0.480 e. The van der Waals surface area contributed by atoms with Gasteiger partial charge in [-0.1, -0.05) is 15.9 Å². The molecule has 1 heterocycles. The Morgan fingerprint density at radius 3 is 3.00 bits per heavy atom. The van der Waals surface area contributed by atoms with Crippen LogP contribution in [-0.4, -0.2) is 16.1 Å². The Kier molecular flexibility index (Phi) is 4.13. The molecular weight excluding hydrogens is 337 g/mol. The summed E-state index contributed by atoms with van der Waals surface area (Å²) in [5, 5.41) is 13.5. The maximum Gasteiger partial charge on any atom is 0.326 e.